The molecule has 1 heterocycles. The van der Waals surface area contributed by atoms with Crippen molar-refractivity contribution in [2.45, 2.75) is 55.4 Å². The van der Waals surface area contributed by atoms with Crippen LogP contribution in [0.5, 0.6) is 0 Å². The summed E-state index contributed by atoms with van der Waals surface area (Å²) < 4.78 is 12.3. The molecule has 5 heteroatoms. The van der Waals surface area contributed by atoms with E-state index in [4.69, 9.17) is 9.49 Å². The second-order valence-electron chi connectivity index (χ2n) is 16.8. The molecule has 0 fully saturated rings. The Bertz CT molecular complexity index is 2870. The first-order chi connectivity index (χ1) is 29.5. The Morgan fingerprint density at radius 1 is 0.328 bits per heavy atom. The Labute approximate surface area is 361 Å². The molecule has 0 saturated heterocycles. The van der Waals surface area contributed by atoms with E-state index in [-0.39, 0.29) is 0 Å². The molecule has 9 aromatic rings. The van der Waals surface area contributed by atoms with Gasteiger partial charge in [0.25, 0.3) is 0 Å². The Kier molecular flexibility index (Phi) is 10.7. The molecule has 0 saturated carbocycles. The van der Waals surface area contributed by atoms with Gasteiger partial charge < -0.3 is 4.98 Å². The van der Waals surface area contributed by atoms with Gasteiger partial charge in [0.15, 0.2) is 0 Å². The molecule has 0 amide bonds. The molecule has 61 heavy (non-hydrogen) atoms. The summed E-state index contributed by atoms with van der Waals surface area (Å²) in [5.41, 5.74) is 14.1. The molecule has 0 unspecified atom stereocenters. The molecule has 1 N–H and O–H groups in total. The van der Waals surface area contributed by atoms with Crippen LogP contribution in [0.3, 0.4) is 0 Å². The van der Waals surface area contributed by atoms with Gasteiger partial charge in [0.1, 0.15) is 0 Å². The number of nitrogens with zero attached hydrogens (tertiary/aromatic N) is 2. The summed E-state index contributed by atoms with van der Waals surface area (Å²) in [5.74, 6) is 0. The number of rotatable bonds is 8. The molecule has 9 rings (SSSR count). The van der Waals surface area contributed by atoms with E-state index in [9.17, 15) is 0 Å². The number of nitrogens with one attached hydrogen (secondary N) is 1. The molecule has 302 valence electrons. The van der Waals surface area contributed by atoms with Gasteiger partial charge in [-0.25, -0.2) is 0 Å². The molecule has 0 spiro atoms. The number of aromatic nitrogens is 1. The fourth-order valence-corrected chi connectivity index (χ4v) is 17.4. The number of aryl methyl sites for hydroxylation is 8. The standard InChI is InChI=1S/C56H53N3P2/c1-37-29-41(5)53(42(6)30-37)58-60(45-21-13-9-14-22-45,46-23-15-10-16-24-46)51-35-39(3)33-49-50-34-40(4)36-52(56(50)57-55(49)51)61(47-25-17-11-18-26-47,48-27-19-12-20-28-48)59-54-43(7)31-38(2)32-44(54)8/h9-36,57H,1-8H3. The third kappa shape index (κ3) is 7.05. The molecule has 1 aromatic heterocycles. The predicted molar refractivity (Wildman–Crippen MR) is 268 cm³/mol. The summed E-state index contributed by atoms with van der Waals surface area (Å²) in [6.07, 6.45) is 0. The van der Waals surface area contributed by atoms with Gasteiger partial charge in [0.2, 0.25) is 0 Å². The fraction of sp³-hybridized carbons (Fsp3) is 0.143. The summed E-state index contributed by atoms with van der Waals surface area (Å²) in [6, 6.07) is 62.9. The van der Waals surface area contributed by atoms with E-state index < -0.39 is 14.1 Å². The number of H-pyrrole nitrogens is 1. The van der Waals surface area contributed by atoms with Crippen LogP contribution in [0.15, 0.2) is 179 Å². The van der Waals surface area contributed by atoms with E-state index in [1.54, 1.807) is 0 Å². The zero-order valence-electron chi connectivity index (χ0n) is 36.5. The fourth-order valence-electron chi connectivity index (χ4n) is 9.59. The summed E-state index contributed by atoms with van der Waals surface area (Å²) >= 11 is 0. The van der Waals surface area contributed by atoms with E-state index in [1.807, 2.05) is 0 Å². The Morgan fingerprint density at radius 2 is 0.590 bits per heavy atom. The van der Waals surface area contributed by atoms with E-state index in [0.717, 1.165) is 22.4 Å². The van der Waals surface area contributed by atoms with Crippen molar-refractivity contribution in [2.24, 2.45) is 9.49 Å². The number of fused-ring (bicyclic) bond motifs is 3. The average Bonchev–Trinajstić information content (AvgIpc) is 3.62. The normalized spacial score (nSPS) is 11.9. The zero-order chi connectivity index (χ0) is 42.5. The number of benzene rings is 8. The van der Waals surface area contributed by atoms with Gasteiger partial charge in [-0.1, -0.05) is 157 Å². The van der Waals surface area contributed by atoms with Crippen LogP contribution >= 0.6 is 14.1 Å². The lowest BCUT2D eigenvalue weighted by molar-refractivity contribution is 1.29. The minimum Gasteiger partial charge on any atom is -0.353 e. The highest BCUT2D eigenvalue weighted by atomic mass is 31.2. The van der Waals surface area contributed by atoms with Crippen LogP contribution in [-0.2, 0) is 0 Å². The van der Waals surface area contributed by atoms with Crippen LogP contribution in [0.25, 0.3) is 21.8 Å². The van der Waals surface area contributed by atoms with Crippen molar-refractivity contribution in [2.75, 3.05) is 0 Å². The van der Waals surface area contributed by atoms with Crippen molar-refractivity contribution in [3.8, 4) is 0 Å². The molecule has 0 atom stereocenters. The maximum absolute atomic E-state index is 6.15. The average molecular weight is 830 g/mol. The van der Waals surface area contributed by atoms with Gasteiger partial charge in [-0.3, -0.25) is 9.49 Å². The molecule has 0 aliphatic carbocycles. The number of hydrogen-bond donors (Lipinski definition) is 1. The highest BCUT2D eigenvalue weighted by Gasteiger charge is 2.34. The number of aromatic amines is 1. The van der Waals surface area contributed by atoms with Crippen molar-refractivity contribution in [1.82, 2.24) is 4.98 Å². The maximum Gasteiger partial charge on any atom is 0.0683 e. The highest BCUT2D eigenvalue weighted by Crippen LogP contribution is 2.55. The van der Waals surface area contributed by atoms with E-state index in [2.05, 4.69) is 230 Å². The molecular formula is C56H53N3P2. The minimum absolute atomic E-state index is 1.06. The van der Waals surface area contributed by atoms with E-state index >= 15 is 0 Å². The quantitative estimate of drug-likeness (QED) is 0.148. The molecule has 0 bridgehead atoms. The smallest absolute Gasteiger partial charge is 0.0683 e. The predicted octanol–water partition coefficient (Wildman–Crippen LogP) is 13.4. The van der Waals surface area contributed by atoms with Gasteiger partial charge in [0, 0.05) is 42.6 Å². The molecule has 0 radical (unpaired) electrons. The molecule has 8 aromatic carbocycles. The lowest BCUT2D eigenvalue weighted by Gasteiger charge is -2.29. The summed E-state index contributed by atoms with van der Waals surface area (Å²) in [4.78, 5) is 4.24. The zero-order valence-corrected chi connectivity index (χ0v) is 38.2. The highest BCUT2D eigenvalue weighted by molar-refractivity contribution is 7.88. The summed E-state index contributed by atoms with van der Waals surface area (Å²) in [6.45, 7) is 17.7. The Balaban J connectivity index is 1.50. The summed E-state index contributed by atoms with van der Waals surface area (Å²) in [7, 11) is -5.50. The van der Waals surface area contributed by atoms with Crippen molar-refractivity contribution in [3.63, 3.8) is 0 Å². The molecule has 0 aliphatic rings. The third-order valence-corrected chi connectivity index (χ3v) is 19.3. The van der Waals surface area contributed by atoms with Crippen molar-refractivity contribution in [1.29, 1.82) is 0 Å². The van der Waals surface area contributed by atoms with Crippen LogP contribution in [-0.4, -0.2) is 4.98 Å². The lowest BCUT2D eigenvalue weighted by Crippen LogP contribution is -2.27. The van der Waals surface area contributed by atoms with Crippen molar-refractivity contribution < 1.29 is 0 Å². The number of hydrogen-bond acceptors (Lipinski definition) is 2. The summed E-state index contributed by atoms with van der Waals surface area (Å²) in [5, 5.41) is 9.75. The molecular weight excluding hydrogens is 777 g/mol. The first-order valence-corrected chi connectivity index (χ1v) is 24.7. The minimum atomic E-state index is -2.75. The second kappa shape index (κ2) is 16.1. The van der Waals surface area contributed by atoms with Crippen LogP contribution in [0.4, 0.5) is 11.4 Å². The van der Waals surface area contributed by atoms with E-state index in [1.165, 1.54) is 87.1 Å². The van der Waals surface area contributed by atoms with Crippen LogP contribution < -0.4 is 31.8 Å². The topological polar surface area (TPSA) is 40.5 Å². The Hall–Kier alpha value is -5.98. The monoisotopic (exact) mass is 829 g/mol. The first-order valence-electron chi connectivity index (χ1n) is 21.2. The first kappa shape index (κ1) is 40.4. The van der Waals surface area contributed by atoms with Gasteiger partial charge in [-0.05, 0) is 113 Å². The lowest BCUT2D eigenvalue weighted by atomic mass is 10.1. The second-order valence-corrected chi connectivity index (χ2v) is 22.8. The Morgan fingerprint density at radius 3 is 0.869 bits per heavy atom. The van der Waals surface area contributed by atoms with Crippen LogP contribution in [0.2, 0.25) is 0 Å². The van der Waals surface area contributed by atoms with Gasteiger partial charge >= 0.3 is 0 Å². The molecule has 0 aliphatic heterocycles. The van der Waals surface area contributed by atoms with Gasteiger partial charge in [-0.2, -0.15) is 0 Å². The van der Waals surface area contributed by atoms with E-state index in [0.29, 0.717) is 0 Å². The van der Waals surface area contributed by atoms with Crippen LogP contribution in [0.1, 0.15) is 44.5 Å². The van der Waals surface area contributed by atoms with Crippen molar-refractivity contribution >= 4 is 79.1 Å². The maximum atomic E-state index is 6.15. The largest absolute Gasteiger partial charge is 0.353 e. The third-order valence-electron chi connectivity index (χ3n) is 12.1. The SMILES string of the molecule is Cc1cc(C)c(N=P(c2ccccc2)(c2ccccc2)c2cc(C)cc3c2[nH]c2c(P(=Nc4c(C)cc(C)cc4C)(c4ccccc4)c4ccccc4)cc(C)cc23)c(C)c1. The van der Waals surface area contributed by atoms with Gasteiger partial charge in [-0.15, -0.1) is 0 Å². The van der Waals surface area contributed by atoms with Gasteiger partial charge in [0.05, 0.1) is 36.5 Å². The molecule has 3 nitrogen and oxygen atoms in total. The van der Waals surface area contributed by atoms with Crippen LogP contribution in [0, 0.1) is 55.4 Å². The van der Waals surface area contributed by atoms with Crippen molar-refractivity contribution in [3.05, 3.63) is 214 Å².